The maximum absolute atomic E-state index is 11.1. The van der Waals surface area contributed by atoms with Crippen molar-refractivity contribution in [2.45, 2.75) is 46.1 Å². The largest absolute Gasteiger partial charge is 0.267 e. The summed E-state index contributed by atoms with van der Waals surface area (Å²) in [7, 11) is -3.25. The quantitative estimate of drug-likeness (QED) is 0.479. The SMILES string of the molecule is CCCCCS(=O)(=O)OC(C)C. The highest BCUT2D eigenvalue weighted by Gasteiger charge is 2.11. The van der Waals surface area contributed by atoms with Crippen LogP contribution in [0.3, 0.4) is 0 Å². The Hall–Kier alpha value is -0.0900. The van der Waals surface area contributed by atoms with Gasteiger partial charge in [0.15, 0.2) is 0 Å². The molecule has 0 fully saturated rings. The maximum atomic E-state index is 11.1. The van der Waals surface area contributed by atoms with Gasteiger partial charge in [0.25, 0.3) is 10.1 Å². The third kappa shape index (κ3) is 6.61. The van der Waals surface area contributed by atoms with Gasteiger partial charge in [0.05, 0.1) is 11.9 Å². The van der Waals surface area contributed by atoms with Crippen LogP contribution in [0.2, 0.25) is 0 Å². The highest BCUT2D eigenvalue weighted by Crippen LogP contribution is 2.04. The standard InChI is InChI=1S/C8H18O3S/c1-4-5-6-7-12(9,10)11-8(2)3/h8H,4-7H2,1-3H3. The molecule has 0 aromatic heterocycles. The van der Waals surface area contributed by atoms with Gasteiger partial charge in [-0.2, -0.15) is 8.42 Å². The normalized spacial score (nSPS) is 12.3. The molecule has 0 aromatic rings. The summed E-state index contributed by atoms with van der Waals surface area (Å²) in [5.41, 5.74) is 0. The molecule has 0 unspecified atom stereocenters. The first-order chi connectivity index (χ1) is 5.48. The third-order valence-electron chi connectivity index (χ3n) is 1.34. The zero-order chi connectivity index (χ0) is 9.61. The molecule has 0 saturated heterocycles. The molecule has 12 heavy (non-hydrogen) atoms. The molecule has 74 valence electrons. The summed E-state index contributed by atoms with van der Waals surface area (Å²) in [4.78, 5) is 0. The Morgan fingerprint density at radius 3 is 2.25 bits per heavy atom. The van der Waals surface area contributed by atoms with E-state index < -0.39 is 10.1 Å². The summed E-state index contributed by atoms with van der Waals surface area (Å²) < 4.78 is 26.9. The van der Waals surface area contributed by atoms with Crippen molar-refractivity contribution in [3.8, 4) is 0 Å². The second-order valence-corrected chi connectivity index (χ2v) is 4.83. The van der Waals surface area contributed by atoms with E-state index in [-0.39, 0.29) is 11.9 Å². The van der Waals surface area contributed by atoms with Crippen LogP contribution in [0.5, 0.6) is 0 Å². The Kier molecular flexibility index (Phi) is 5.50. The van der Waals surface area contributed by atoms with Gasteiger partial charge < -0.3 is 0 Å². The average molecular weight is 194 g/mol. The van der Waals surface area contributed by atoms with E-state index in [1.54, 1.807) is 13.8 Å². The minimum Gasteiger partial charge on any atom is -0.267 e. The van der Waals surface area contributed by atoms with Crippen molar-refractivity contribution in [3.05, 3.63) is 0 Å². The van der Waals surface area contributed by atoms with Crippen LogP contribution >= 0.6 is 0 Å². The van der Waals surface area contributed by atoms with Crippen LogP contribution in [-0.2, 0) is 14.3 Å². The first-order valence-corrected chi connectivity index (χ1v) is 5.96. The summed E-state index contributed by atoms with van der Waals surface area (Å²) >= 11 is 0. The van der Waals surface area contributed by atoms with E-state index in [4.69, 9.17) is 4.18 Å². The van der Waals surface area contributed by atoms with Crippen molar-refractivity contribution in [3.63, 3.8) is 0 Å². The fourth-order valence-corrected chi connectivity index (χ4v) is 2.11. The Bertz CT molecular complexity index is 194. The Morgan fingerprint density at radius 1 is 1.25 bits per heavy atom. The highest BCUT2D eigenvalue weighted by molar-refractivity contribution is 7.86. The molecule has 0 spiro atoms. The smallest absolute Gasteiger partial charge is 0.267 e. The first-order valence-electron chi connectivity index (χ1n) is 4.39. The van der Waals surface area contributed by atoms with Gasteiger partial charge in [-0.3, -0.25) is 4.18 Å². The summed E-state index contributed by atoms with van der Waals surface area (Å²) in [6.07, 6.45) is 2.43. The molecule has 0 N–H and O–H groups in total. The molecule has 0 saturated carbocycles. The molecule has 0 rings (SSSR count). The second-order valence-electron chi connectivity index (χ2n) is 3.11. The monoisotopic (exact) mass is 194 g/mol. The Labute approximate surface area is 75.2 Å². The zero-order valence-electron chi connectivity index (χ0n) is 8.04. The van der Waals surface area contributed by atoms with E-state index in [9.17, 15) is 8.42 Å². The Balaban J connectivity index is 3.73. The van der Waals surface area contributed by atoms with Crippen LogP contribution in [0.25, 0.3) is 0 Å². The first kappa shape index (κ1) is 11.9. The van der Waals surface area contributed by atoms with E-state index in [1.165, 1.54) is 0 Å². The van der Waals surface area contributed by atoms with Gasteiger partial charge in [-0.1, -0.05) is 19.8 Å². The summed E-state index contributed by atoms with van der Waals surface area (Å²) in [6, 6.07) is 0. The van der Waals surface area contributed by atoms with E-state index in [0.29, 0.717) is 6.42 Å². The molecule has 0 aliphatic rings. The van der Waals surface area contributed by atoms with Crippen LogP contribution in [0.1, 0.15) is 40.0 Å². The molecule has 3 nitrogen and oxygen atoms in total. The fraction of sp³-hybridized carbons (Fsp3) is 1.00. The van der Waals surface area contributed by atoms with Crippen LogP contribution in [0.15, 0.2) is 0 Å². The number of hydrogen-bond donors (Lipinski definition) is 0. The molecule has 0 aliphatic carbocycles. The van der Waals surface area contributed by atoms with Crippen molar-refractivity contribution < 1.29 is 12.6 Å². The lowest BCUT2D eigenvalue weighted by Crippen LogP contribution is -2.15. The average Bonchev–Trinajstić information content (AvgIpc) is 1.84. The van der Waals surface area contributed by atoms with Crippen LogP contribution in [0, 0.1) is 0 Å². The lowest BCUT2D eigenvalue weighted by molar-refractivity contribution is 0.248. The predicted octanol–water partition coefficient (Wildman–Crippen LogP) is 1.93. The number of hydrogen-bond acceptors (Lipinski definition) is 3. The molecule has 0 radical (unpaired) electrons. The second kappa shape index (κ2) is 5.54. The molecule has 0 bridgehead atoms. The molecule has 0 aliphatic heterocycles. The molecule has 0 heterocycles. The minimum absolute atomic E-state index is 0.152. The molecule has 4 heteroatoms. The van der Waals surface area contributed by atoms with Crippen molar-refractivity contribution in [1.29, 1.82) is 0 Å². The van der Waals surface area contributed by atoms with Gasteiger partial charge >= 0.3 is 0 Å². The zero-order valence-corrected chi connectivity index (χ0v) is 8.86. The van der Waals surface area contributed by atoms with Crippen molar-refractivity contribution in [1.82, 2.24) is 0 Å². The van der Waals surface area contributed by atoms with E-state index >= 15 is 0 Å². The third-order valence-corrected chi connectivity index (χ3v) is 2.80. The van der Waals surface area contributed by atoms with Gasteiger partial charge in [-0.25, -0.2) is 0 Å². The van der Waals surface area contributed by atoms with Crippen LogP contribution in [0.4, 0.5) is 0 Å². The lowest BCUT2D eigenvalue weighted by atomic mass is 10.3. The topological polar surface area (TPSA) is 43.4 Å². The predicted molar refractivity (Wildman–Crippen MR) is 49.5 cm³/mol. The lowest BCUT2D eigenvalue weighted by Gasteiger charge is -2.07. The van der Waals surface area contributed by atoms with Crippen molar-refractivity contribution in [2.75, 3.05) is 5.75 Å². The van der Waals surface area contributed by atoms with Gasteiger partial charge in [0, 0.05) is 0 Å². The van der Waals surface area contributed by atoms with Gasteiger partial charge in [0.1, 0.15) is 0 Å². The van der Waals surface area contributed by atoms with Gasteiger partial charge in [0.2, 0.25) is 0 Å². The summed E-state index contributed by atoms with van der Waals surface area (Å²) in [5, 5.41) is 0. The highest BCUT2D eigenvalue weighted by atomic mass is 32.2. The van der Waals surface area contributed by atoms with E-state index in [2.05, 4.69) is 0 Å². The van der Waals surface area contributed by atoms with E-state index in [1.807, 2.05) is 6.92 Å². The van der Waals surface area contributed by atoms with Crippen molar-refractivity contribution >= 4 is 10.1 Å². The summed E-state index contributed by atoms with van der Waals surface area (Å²) in [5.74, 6) is 0.152. The van der Waals surface area contributed by atoms with Gasteiger partial charge in [-0.15, -0.1) is 0 Å². The molecular weight excluding hydrogens is 176 g/mol. The molecule has 0 amide bonds. The number of rotatable bonds is 6. The number of unbranched alkanes of at least 4 members (excludes halogenated alkanes) is 2. The van der Waals surface area contributed by atoms with Crippen LogP contribution in [-0.4, -0.2) is 20.3 Å². The van der Waals surface area contributed by atoms with E-state index in [0.717, 1.165) is 12.8 Å². The summed E-state index contributed by atoms with van der Waals surface area (Å²) in [6.45, 7) is 5.48. The van der Waals surface area contributed by atoms with Crippen LogP contribution < -0.4 is 0 Å². The maximum Gasteiger partial charge on any atom is 0.267 e. The molecular formula is C8H18O3S. The Morgan fingerprint density at radius 2 is 1.83 bits per heavy atom. The molecule has 0 atom stereocenters. The van der Waals surface area contributed by atoms with Crippen molar-refractivity contribution in [2.24, 2.45) is 0 Å². The molecule has 0 aromatic carbocycles. The fourth-order valence-electron chi connectivity index (χ4n) is 0.870. The minimum atomic E-state index is -3.25. The van der Waals surface area contributed by atoms with Gasteiger partial charge in [-0.05, 0) is 20.3 Å².